The second-order valence-corrected chi connectivity index (χ2v) is 22.0. The first kappa shape index (κ1) is 37.9. The van der Waals surface area contributed by atoms with Gasteiger partial charge in [0.25, 0.3) is 0 Å². The van der Waals surface area contributed by atoms with Crippen LogP contribution in [0.15, 0.2) is 95.8 Å². The summed E-state index contributed by atoms with van der Waals surface area (Å²) in [5, 5.41) is 3.56. The minimum atomic E-state index is -2.09. The molecule has 0 N–H and O–H groups in total. The predicted molar refractivity (Wildman–Crippen MR) is 238 cm³/mol. The van der Waals surface area contributed by atoms with Crippen molar-refractivity contribution in [1.82, 2.24) is 19.5 Å². The molecule has 0 spiro atoms. The molecule has 0 amide bonds. The van der Waals surface area contributed by atoms with Crippen molar-refractivity contribution in [1.29, 1.82) is 0 Å². The van der Waals surface area contributed by atoms with Crippen molar-refractivity contribution in [3.8, 4) is 28.3 Å². The summed E-state index contributed by atoms with van der Waals surface area (Å²) in [6, 6.07) is 30.6. The Kier molecular flexibility index (Phi) is 11.1. The number of para-hydroxylation sites is 1. The molecule has 8 aromatic rings. The van der Waals surface area contributed by atoms with Crippen LogP contribution in [-0.2, 0) is 20.1 Å². The van der Waals surface area contributed by atoms with E-state index < -0.39 is 14.9 Å². The van der Waals surface area contributed by atoms with Gasteiger partial charge in [-0.05, 0) is 65.2 Å². The predicted octanol–water partition coefficient (Wildman–Crippen LogP) is 13.2. The van der Waals surface area contributed by atoms with E-state index in [2.05, 4.69) is 132 Å². The molecule has 1 radical (unpaired) electrons. The summed E-state index contributed by atoms with van der Waals surface area (Å²) in [7, 11) is -1.45. The molecule has 57 heavy (non-hydrogen) atoms. The van der Waals surface area contributed by atoms with Gasteiger partial charge in [0.2, 0.25) is 0 Å². The van der Waals surface area contributed by atoms with E-state index in [0.29, 0.717) is 23.3 Å². The summed E-state index contributed by atoms with van der Waals surface area (Å²) < 4.78 is 31.1. The summed E-state index contributed by atoms with van der Waals surface area (Å²) in [6.45, 7) is 22.6. The molecule has 5 nitrogen and oxygen atoms in total. The molecule has 0 fully saturated rings. The molecule has 4 aromatic carbocycles. The third kappa shape index (κ3) is 8.21. The number of aromatic nitrogens is 4. The van der Waals surface area contributed by atoms with Crippen LogP contribution in [0.5, 0.6) is 0 Å². The molecule has 0 bridgehead atoms. The minimum absolute atomic E-state index is 0. The second-order valence-electron chi connectivity index (χ2n) is 16.9. The number of aryl methyl sites for hydroxylation is 3. The van der Waals surface area contributed by atoms with Crippen molar-refractivity contribution in [2.75, 3.05) is 0 Å². The number of hydrogen-bond acceptors (Lipinski definition) is 4. The molecule has 0 aliphatic carbocycles. The van der Waals surface area contributed by atoms with Crippen LogP contribution >= 0.6 is 0 Å². The van der Waals surface area contributed by atoms with Crippen LogP contribution in [0.1, 0.15) is 96.8 Å². The van der Waals surface area contributed by atoms with Gasteiger partial charge in [0.15, 0.2) is 0 Å². The van der Waals surface area contributed by atoms with Gasteiger partial charge in [0.1, 0.15) is 5.58 Å². The fraction of sp³-hybridized carbons (Fsp3) is 0.300. The van der Waals surface area contributed by atoms with Crippen LogP contribution < -0.4 is 5.19 Å². The number of furan rings is 1. The summed E-state index contributed by atoms with van der Waals surface area (Å²) in [6.07, 6.45) is 5.79. The molecule has 0 atom stereocenters. The van der Waals surface area contributed by atoms with E-state index in [-0.39, 0.29) is 20.1 Å². The molecule has 4 aromatic heterocycles. The Labute approximate surface area is 357 Å². The van der Waals surface area contributed by atoms with E-state index >= 15 is 0 Å². The van der Waals surface area contributed by atoms with Crippen LogP contribution in [0.4, 0.5) is 0 Å². The van der Waals surface area contributed by atoms with E-state index in [0.717, 1.165) is 61.2 Å². The second kappa shape index (κ2) is 16.7. The number of pyridine rings is 2. The van der Waals surface area contributed by atoms with Gasteiger partial charge in [0.05, 0.1) is 36.7 Å². The minimum Gasteiger partial charge on any atom is -0.501 e. The number of benzene rings is 4. The number of imidazole rings is 1. The summed E-state index contributed by atoms with van der Waals surface area (Å²) in [5.74, 6) is 1.95. The number of rotatable bonds is 7. The van der Waals surface area contributed by atoms with E-state index in [4.69, 9.17) is 13.5 Å². The Bertz CT molecular complexity index is 2780. The van der Waals surface area contributed by atoms with E-state index in [1.807, 2.05) is 42.9 Å². The van der Waals surface area contributed by atoms with Crippen molar-refractivity contribution in [2.45, 2.75) is 99.6 Å². The molecule has 7 heteroatoms. The van der Waals surface area contributed by atoms with E-state index in [1.54, 1.807) is 18.2 Å². The SMILES string of the molecule is Cc1cc(C(C)C)c(-n2c(-c3[c-]ccc4c3oc3ccccc34)nc3cncc(C)c32)c(C(C)C)c1.[2H]C([2H])([2H])c1c[c-]c(-c2cc(C(C)C)c([Si](C)(C)C)cn2)cc1.[Ir]. The maximum atomic E-state index is 7.44. The third-order valence-corrected chi connectivity index (χ3v) is 12.6. The molecule has 0 saturated heterocycles. The zero-order chi connectivity index (χ0) is 42.6. The van der Waals surface area contributed by atoms with Gasteiger partial charge in [-0.25, -0.2) is 0 Å². The van der Waals surface area contributed by atoms with Crippen molar-refractivity contribution in [3.05, 3.63) is 137 Å². The van der Waals surface area contributed by atoms with Crippen LogP contribution in [0.3, 0.4) is 0 Å². The Hall–Kier alpha value is -4.68. The van der Waals surface area contributed by atoms with Gasteiger partial charge in [0, 0.05) is 47.7 Å². The normalized spacial score (nSPS) is 12.8. The number of hydrogen-bond donors (Lipinski definition) is 0. The smallest absolute Gasteiger partial charge is 0.120 e. The Morgan fingerprint density at radius 1 is 0.772 bits per heavy atom. The molecule has 295 valence electrons. The Morgan fingerprint density at radius 2 is 1.47 bits per heavy atom. The van der Waals surface area contributed by atoms with E-state index in [1.165, 1.54) is 33.1 Å². The fourth-order valence-electron chi connectivity index (χ4n) is 7.71. The molecule has 8 rings (SSSR count). The van der Waals surface area contributed by atoms with E-state index in [9.17, 15) is 0 Å². The quantitative estimate of drug-likeness (QED) is 0.118. The standard InChI is InChI=1S/C32H30N3O.C18H24NSi.Ir/c1-18(2)25-14-20(5)15-26(19(3)4)30(25)35-29-21(6)16-33-17-27(29)34-32(35)24-12-9-11-23-22-10-7-8-13-28(22)36-31(23)24;1-13(2)16-11-17(15-9-7-14(3)8-10-15)19-12-18(16)20(4,5)6;/h7-11,13-19H,1-6H3;7-9,11-13H,1-6H3;/q2*-1;/i;3D3;. The van der Waals surface area contributed by atoms with Crippen molar-refractivity contribution < 1.29 is 28.6 Å². The summed E-state index contributed by atoms with van der Waals surface area (Å²) >= 11 is 0. The van der Waals surface area contributed by atoms with Crippen molar-refractivity contribution in [3.63, 3.8) is 0 Å². The topological polar surface area (TPSA) is 56.7 Å². The molecule has 4 heterocycles. The third-order valence-electron chi connectivity index (χ3n) is 10.5. The zero-order valence-electron chi connectivity index (χ0n) is 37.9. The first-order chi connectivity index (χ1) is 27.8. The van der Waals surface area contributed by atoms with Crippen molar-refractivity contribution >= 4 is 46.2 Å². The Balaban J connectivity index is 0.000000219. The average molecular weight is 950 g/mol. The van der Waals surface area contributed by atoms with Gasteiger partial charge >= 0.3 is 0 Å². The van der Waals surface area contributed by atoms with Gasteiger partial charge in [-0.3, -0.25) is 9.97 Å². The monoisotopic (exact) mass is 950 g/mol. The molecular formula is C50H54IrN4OSi-2. The van der Waals surface area contributed by atoms with Crippen LogP contribution in [0, 0.1) is 32.8 Å². The van der Waals surface area contributed by atoms with Gasteiger partial charge in [-0.2, -0.15) is 0 Å². The maximum Gasteiger partial charge on any atom is 0.120 e. The fourth-order valence-corrected chi connectivity index (χ4v) is 9.39. The summed E-state index contributed by atoms with van der Waals surface area (Å²) in [4.78, 5) is 14.3. The molecule has 0 aliphatic heterocycles. The summed E-state index contributed by atoms with van der Waals surface area (Å²) in [5.41, 5.74) is 14.0. The molecule has 0 saturated carbocycles. The largest absolute Gasteiger partial charge is 0.501 e. The van der Waals surface area contributed by atoms with Crippen LogP contribution in [0.25, 0.3) is 61.3 Å². The van der Waals surface area contributed by atoms with Gasteiger partial charge in [-0.1, -0.05) is 127 Å². The van der Waals surface area contributed by atoms with Crippen molar-refractivity contribution in [2.24, 2.45) is 0 Å². The average Bonchev–Trinajstić information content (AvgIpc) is 3.76. The Morgan fingerprint density at radius 3 is 2.11 bits per heavy atom. The first-order valence-electron chi connectivity index (χ1n) is 21.2. The molecular weight excluding hydrogens is 893 g/mol. The molecule has 0 unspecified atom stereocenters. The zero-order valence-corrected chi connectivity index (χ0v) is 38.3. The first-order valence-corrected chi connectivity index (χ1v) is 23.2. The maximum absolute atomic E-state index is 7.44. The molecule has 0 aliphatic rings. The van der Waals surface area contributed by atoms with Crippen LogP contribution in [0.2, 0.25) is 19.6 Å². The number of fused-ring (bicyclic) bond motifs is 4. The van der Waals surface area contributed by atoms with Crippen LogP contribution in [-0.4, -0.2) is 27.6 Å². The van der Waals surface area contributed by atoms with Gasteiger partial charge in [-0.15, -0.1) is 53.6 Å². The number of nitrogens with zero attached hydrogens (tertiary/aromatic N) is 4. The van der Waals surface area contributed by atoms with Gasteiger partial charge < -0.3 is 14.0 Å².